The number of alkyl halides is 2. The van der Waals surface area contributed by atoms with E-state index < -0.39 is 30.1 Å². The van der Waals surface area contributed by atoms with Crippen molar-refractivity contribution in [3.8, 4) is 0 Å². The Labute approximate surface area is 97.2 Å². The summed E-state index contributed by atoms with van der Waals surface area (Å²) in [5, 5.41) is 13.4. The minimum atomic E-state index is -2.74. The second-order valence-electron chi connectivity index (χ2n) is 4.62. The predicted octanol–water partition coefficient (Wildman–Crippen LogP) is 1.95. The van der Waals surface area contributed by atoms with E-state index in [2.05, 4.69) is 5.10 Å². The maximum Gasteiger partial charge on any atom is 0.315 e. The number of rotatable bonds is 2. The lowest BCUT2D eigenvalue weighted by Crippen LogP contribution is -2.43. The molecular weight excluding hydrogens is 230 g/mol. The highest BCUT2D eigenvalue weighted by atomic mass is 19.3. The second-order valence-corrected chi connectivity index (χ2v) is 4.62. The molecule has 0 atom stereocenters. The molecule has 1 saturated carbocycles. The summed E-state index contributed by atoms with van der Waals surface area (Å²) >= 11 is 0. The van der Waals surface area contributed by atoms with Crippen LogP contribution in [0.25, 0.3) is 0 Å². The molecule has 0 aliphatic heterocycles. The highest BCUT2D eigenvalue weighted by Gasteiger charge is 2.50. The Hall–Kier alpha value is -1.46. The van der Waals surface area contributed by atoms with Gasteiger partial charge in [-0.1, -0.05) is 0 Å². The average Bonchev–Trinajstić information content (AvgIpc) is 2.65. The van der Waals surface area contributed by atoms with Gasteiger partial charge in [0.25, 0.3) is 0 Å². The zero-order chi connectivity index (χ0) is 12.7. The van der Waals surface area contributed by atoms with Crippen molar-refractivity contribution in [1.29, 1.82) is 0 Å². The first-order chi connectivity index (χ1) is 7.86. The summed E-state index contributed by atoms with van der Waals surface area (Å²) in [6, 6.07) is 1.59. The van der Waals surface area contributed by atoms with Crippen molar-refractivity contribution < 1.29 is 18.7 Å². The number of halogens is 2. The number of hydrogen-bond acceptors (Lipinski definition) is 2. The van der Waals surface area contributed by atoms with Gasteiger partial charge in [-0.3, -0.25) is 9.48 Å². The quantitative estimate of drug-likeness (QED) is 0.865. The summed E-state index contributed by atoms with van der Waals surface area (Å²) in [7, 11) is 1.68. The van der Waals surface area contributed by atoms with Gasteiger partial charge in [-0.05, 0) is 18.9 Å². The summed E-state index contributed by atoms with van der Waals surface area (Å²) < 4.78 is 27.7. The number of carbonyl (C=O) groups is 1. The molecule has 6 heteroatoms. The maximum atomic E-state index is 13.1. The van der Waals surface area contributed by atoms with Crippen molar-refractivity contribution in [3.05, 3.63) is 18.0 Å². The molecule has 17 heavy (non-hydrogen) atoms. The number of nitrogens with zero attached hydrogens (tertiary/aromatic N) is 2. The van der Waals surface area contributed by atoms with Crippen molar-refractivity contribution in [2.45, 2.75) is 37.0 Å². The van der Waals surface area contributed by atoms with Gasteiger partial charge in [0.05, 0.1) is 5.69 Å². The van der Waals surface area contributed by atoms with E-state index in [1.54, 1.807) is 19.3 Å². The SMILES string of the molecule is Cn1ccc(C2(C(=O)O)CCC(F)(F)CC2)n1. The molecule has 0 bridgehead atoms. The highest BCUT2D eigenvalue weighted by molar-refractivity contribution is 5.80. The zero-order valence-corrected chi connectivity index (χ0v) is 9.49. The number of carboxylic acid groups (broad SMARTS) is 1. The Morgan fingerprint density at radius 3 is 2.41 bits per heavy atom. The smallest absolute Gasteiger partial charge is 0.315 e. The van der Waals surface area contributed by atoms with Crippen LogP contribution in [0.4, 0.5) is 8.78 Å². The first-order valence-electron chi connectivity index (χ1n) is 5.47. The van der Waals surface area contributed by atoms with Gasteiger partial charge < -0.3 is 5.11 Å². The van der Waals surface area contributed by atoms with E-state index in [9.17, 15) is 18.7 Å². The van der Waals surface area contributed by atoms with Gasteiger partial charge in [0.2, 0.25) is 5.92 Å². The lowest BCUT2D eigenvalue weighted by atomic mass is 9.70. The summed E-state index contributed by atoms with van der Waals surface area (Å²) in [5.41, 5.74) is -0.869. The van der Waals surface area contributed by atoms with E-state index in [0.717, 1.165) is 0 Å². The summed E-state index contributed by atoms with van der Waals surface area (Å²) in [5.74, 6) is -3.81. The van der Waals surface area contributed by atoms with E-state index in [-0.39, 0.29) is 12.8 Å². The Kier molecular flexibility index (Phi) is 2.67. The molecule has 0 unspecified atom stereocenters. The van der Waals surface area contributed by atoms with Crippen LogP contribution in [0, 0.1) is 0 Å². The average molecular weight is 244 g/mol. The fourth-order valence-corrected chi connectivity index (χ4v) is 2.29. The highest BCUT2D eigenvalue weighted by Crippen LogP contribution is 2.45. The Morgan fingerprint density at radius 1 is 1.41 bits per heavy atom. The van der Waals surface area contributed by atoms with Crippen molar-refractivity contribution in [2.24, 2.45) is 7.05 Å². The fourth-order valence-electron chi connectivity index (χ4n) is 2.29. The van der Waals surface area contributed by atoms with Crippen LogP contribution in [-0.4, -0.2) is 26.8 Å². The minimum Gasteiger partial charge on any atom is -0.481 e. The van der Waals surface area contributed by atoms with Crippen molar-refractivity contribution in [1.82, 2.24) is 9.78 Å². The molecule has 0 spiro atoms. The van der Waals surface area contributed by atoms with Gasteiger partial charge in [-0.25, -0.2) is 8.78 Å². The Bertz CT molecular complexity index is 432. The number of aryl methyl sites for hydroxylation is 1. The Balaban J connectivity index is 2.33. The second kappa shape index (κ2) is 3.78. The zero-order valence-electron chi connectivity index (χ0n) is 9.49. The molecule has 0 saturated heterocycles. The van der Waals surface area contributed by atoms with Crippen LogP contribution < -0.4 is 0 Å². The molecule has 0 aromatic carbocycles. The largest absolute Gasteiger partial charge is 0.481 e. The number of carboxylic acids is 1. The van der Waals surface area contributed by atoms with Crippen LogP contribution in [0.1, 0.15) is 31.4 Å². The third kappa shape index (κ3) is 2.03. The van der Waals surface area contributed by atoms with Crippen LogP contribution in [-0.2, 0) is 17.3 Å². The van der Waals surface area contributed by atoms with Gasteiger partial charge >= 0.3 is 5.97 Å². The first-order valence-corrected chi connectivity index (χ1v) is 5.47. The molecule has 94 valence electrons. The van der Waals surface area contributed by atoms with Crippen LogP contribution in [0.15, 0.2) is 12.3 Å². The van der Waals surface area contributed by atoms with E-state index in [4.69, 9.17) is 0 Å². The third-order valence-corrected chi connectivity index (χ3v) is 3.45. The molecule has 1 fully saturated rings. The standard InChI is InChI=1S/C11H14F2N2O2/c1-15-7-2-8(14-15)10(9(16)17)3-5-11(12,13)6-4-10/h2,7H,3-6H2,1H3,(H,16,17). The molecule has 1 aliphatic carbocycles. The lowest BCUT2D eigenvalue weighted by molar-refractivity contribution is -0.149. The molecule has 1 aromatic heterocycles. The van der Waals surface area contributed by atoms with Crippen molar-refractivity contribution in [2.75, 3.05) is 0 Å². The van der Waals surface area contributed by atoms with Crippen LogP contribution in [0.3, 0.4) is 0 Å². The number of aromatic nitrogens is 2. The third-order valence-electron chi connectivity index (χ3n) is 3.45. The summed E-state index contributed by atoms with van der Waals surface area (Å²) in [6.07, 6.45) is 0.719. The van der Waals surface area contributed by atoms with Crippen molar-refractivity contribution >= 4 is 5.97 Å². The molecule has 0 radical (unpaired) electrons. The maximum absolute atomic E-state index is 13.1. The Morgan fingerprint density at radius 2 is 2.00 bits per heavy atom. The normalized spacial score (nSPS) is 22.3. The fraction of sp³-hybridized carbons (Fsp3) is 0.636. The molecular formula is C11H14F2N2O2. The summed E-state index contributed by atoms with van der Waals surface area (Å²) in [4.78, 5) is 11.4. The number of hydrogen-bond donors (Lipinski definition) is 1. The van der Waals surface area contributed by atoms with Crippen LogP contribution in [0.2, 0.25) is 0 Å². The van der Waals surface area contributed by atoms with E-state index in [1.165, 1.54) is 4.68 Å². The van der Waals surface area contributed by atoms with E-state index in [1.807, 2.05) is 0 Å². The van der Waals surface area contributed by atoms with Gasteiger partial charge in [0.1, 0.15) is 5.41 Å². The topological polar surface area (TPSA) is 55.1 Å². The number of aliphatic carboxylic acids is 1. The van der Waals surface area contributed by atoms with Crippen molar-refractivity contribution in [3.63, 3.8) is 0 Å². The summed E-state index contributed by atoms with van der Waals surface area (Å²) in [6.45, 7) is 0. The molecule has 4 nitrogen and oxygen atoms in total. The van der Waals surface area contributed by atoms with E-state index >= 15 is 0 Å². The van der Waals surface area contributed by atoms with Crippen LogP contribution in [0.5, 0.6) is 0 Å². The minimum absolute atomic E-state index is 0.0631. The monoisotopic (exact) mass is 244 g/mol. The molecule has 1 heterocycles. The van der Waals surface area contributed by atoms with Gasteiger partial charge in [0.15, 0.2) is 0 Å². The van der Waals surface area contributed by atoms with Gasteiger partial charge in [-0.2, -0.15) is 5.10 Å². The predicted molar refractivity (Wildman–Crippen MR) is 55.9 cm³/mol. The molecule has 2 rings (SSSR count). The van der Waals surface area contributed by atoms with Gasteiger partial charge in [-0.15, -0.1) is 0 Å². The van der Waals surface area contributed by atoms with Gasteiger partial charge in [0, 0.05) is 26.1 Å². The molecule has 1 aromatic rings. The molecule has 1 N–H and O–H groups in total. The van der Waals surface area contributed by atoms with E-state index in [0.29, 0.717) is 5.69 Å². The molecule has 0 amide bonds. The first kappa shape index (κ1) is 12.0. The molecule has 1 aliphatic rings. The lowest BCUT2D eigenvalue weighted by Gasteiger charge is -2.35. The van der Waals surface area contributed by atoms with Crippen LogP contribution >= 0.6 is 0 Å².